The van der Waals surface area contributed by atoms with Gasteiger partial charge < -0.3 is 9.64 Å². The highest BCUT2D eigenvalue weighted by Gasteiger charge is 2.18. The van der Waals surface area contributed by atoms with Crippen molar-refractivity contribution in [1.29, 1.82) is 0 Å². The smallest absolute Gasteiger partial charge is 0.246 e. The van der Waals surface area contributed by atoms with Crippen LogP contribution in [0.3, 0.4) is 0 Å². The van der Waals surface area contributed by atoms with E-state index in [1.54, 1.807) is 13.2 Å². The maximum Gasteiger partial charge on any atom is 0.246 e. The number of hydrogen-bond acceptors (Lipinski definition) is 2. The second-order valence-electron chi connectivity index (χ2n) is 4.74. The first kappa shape index (κ1) is 16.4. The van der Waals surface area contributed by atoms with Crippen molar-refractivity contribution >= 4 is 12.0 Å². The van der Waals surface area contributed by atoms with Gasteiger partial charge in [0.1, 0.15) is 0 Å². The van der Waals surface area contributed by atoms with Gasteiger partial charge in [0.05, 0.1) is 6.61 Å². The lowest BCUT2D eigenvalue weighted by molar-refractivity contribution is -0.129. The summed E-state index contributed by atoms with van der Waals surface area (Å²) in [6, 6.07) is 10.1. The van der Waals surface area contributed by atoms with Crippen LogP contribution in [-0.2, 0) is 9.53 Å². The van der Waals surface area contributed by atoms with Crippen LogP contribution in [0.15, 0.2) is 36.4 Å². The predicted octanol–water partition coefficient (Wildman–Crippen LogP) is 3.36. The minimum absolute atomic E-state index is 0.0552. The maximum atomic E-state index is 12.4. The van der Waals surface area contributed by atoms with Crippen LogP contribution in [0, 0.1) is 0 Å². The lowest BCUT2D eigenvalue weighted by Crippen LogP contribution is -2.40. The molecule has 0 saturated heterocycles. The summed E-state index contributed by atoms with van der Waals surface area (Å²) >= 11 is 0. The molecule has 0 fully saturated rings. The van der Waals surface area contributed by atoms with E-state index >= 15 is 0 Å². The Morgan fingerprint density at radius 1 is 1.25 bits per heavy atom. The minimum Gasteiger partial charge on any atom is -0.383 e. The van der Waals surface area contributed by atoms with E-state index in [4.69, 9.17) is 4.74 Å². The molecular weight excluding hydrogens is 250 g/mol. The van der Waals surface area contributed by atoms with E-state index in [0.717, 1.165) is 18.4 Å². The van der Waals surface area contributed by atoms with Gasteiger partial charge in [0.15, 0.2) is 0 Å². The molecule has 0 spiro atoms. The molecule has 0 bridgehead atoms. The fraction of sp³-hybridized carbons (Fsp3) is 0.471. The maximum absolute atomic E-state index is 12.4. The molecule has 110 valence electrons. The molecule has 0 aliphatic heterocycles. The van der Waals surface area contributed by atoms with E-state index in [1.807, 2.05) is 41.3 Å². The van der Waals surface area contributed by atoms with Crippen LogP contribution in [-0.4, -0.2) is 37.1 Å². The molecule has 0 N–H and O–H groups in total. The van der Waals surface area contributed by atoms with Crippen molar-refractivity contribution in [3.05, 3.63) is 42.0 Å². The zero-order chi connectivity index (χ0) is 14.8. The first-order valence-corrected chi connectivity index (χ1v) is 7.25. The number of hydrogen-bond donors (Lipinski definition) is 0. The average Bonchev–Trinajstić information content (AvgIpc) is 2.50. The van der Waals surface area contributed by atoms with Gasteiger partial charge in [-0.25, -0.2) is 0 Å². The number of methoxy groups -OCH3 is 1. The number of benzene rings is 1. The highest BCUT2D eigenvalue weighted by molar-refractivity contribution is 5.92. The molecule has 0 heterocycles. The Hall–Kier alpha value is -1.61. The van der Waals surface area contributed by atoms with Crippen molar-refractivity contribution in [2.24, 2.45) is 0 Å². The molecule has 0 saturated carbocycles. The SMILES string of the molecule is CCC(CC)N(CCOC)C(=O)C=Cc1ccccc1. The lowest BCUT2D eigenvalue weighted by Gasteiger charge is -2.29. The molecular formula is C17H25NO2. The van der Waals surface area contributed by atoms with E-state index in [-0.39, 0.29) is 11.9 Å². The van der Waals surface area contributed by atoms with Crippen LogP contribution < -0.4 is 0 Å². The fourth-order valence-corrected chi connectivity index (χ4v) is 2.22. The minimum atomic E-state index is 0.0552. The summed E-state index contributed by atoms with van der Waals surface area (Å²) in [4.78, 5) is 14.3. The van der Waals surface area contributed by atoms with Crippen LogP contribution in [0.25, 0.3) is 6.08 Å². The summed E-state index contributed by atoms with van der Waals surface area (Å²) in [7, 11) is 1.66. The molecule has 20 heavy (non-hydrogen) atoms. The third kappa shape index (κ3) is 5.17. The van der Waals surface area contributed by atoms with Crippen molar-refractivity contribution in [1.82, 2.24) is 4.90 Å². The first-order chi connectivity index (χ1) is 9.72. The quantitative estimate of drug-likeness (QED) is 0.681. The van der Waals surface area contributed by atoms with Gasteiger partial charge in [-0.3, -0.25) is 4.79 Å². The number of amides is 1. The normalized spacial score (nSPS) is 11.2. The van der Waals surface area contributed by atoms with Gasteiger partial charge in [0.25, 0.3) is 0 Å². The topological polar surface area (TPSA) is 29.5 Å². The molecule has 0 atom stereocenters. The molecule has 0 aromatic heterocycles. The standard InChI is InChI=1S/C17H25NO2/c1-4-16(5-2)18(13-14-20-3)17(19)12-11-15-9-7-6-8-10-15/h6-12,16H,4-5,13-14H2,1-3H3. The second kappa shape index (κ2) is 9.32. The van der Waals surface area contributed by atoms with Gasteiger partial charge in [-0.05, 0) is 24.5 Å². The summed E-state index contributed by atoms with van der Waals surface area (Å²) < 4.78 is 5.11. The van der Waals surface area contributed by atoms with Gasteiger partial charge in [-0.2, -0.15) is 0 Å². The van der Waals surface area contributed by atoms with Crippen LogP contribution in [0.2, 0.25) is 0 Å². The molecule has 3 nitrogen and oxygen atoms in total. The van der Waals surface area contributed by atoms with E-state index < -0.39 is 0 Å². The Morgan fingerprint density at radius 2 is 1.90 bits per heavy atom. The Morgan fingerprint density at radius 3 is 2.45 bits per heavy atom. The summed E-state index contributed by atoms with van der Waals surface area (Å²) in [5.41, 5.74) is 1.04. The van der Waals surface area contributed by atoms with Crippen LogP contribution >= 0.6 is 0 Å². The molecule has 0 aliphatic rings. The van der Waals surface area contributed by atoms with Crippen molar-refractivity contribution in [3.63, 3.8) is 0 Å². The third-order valence-corrected chi connectivity index (χ3v) is 3.42. The van der Waals surface area contributed by atoms with Gasteiger partial charge >= 0.3 is 0 Å². The van der Waals surface area contributed by atoms with Gasteiger partial charge in [-0.15, -0.1) is 0 Å². The predicted molar refractivity (Wildman–Crippen MR) is 83.4 cm³/mol. The van der Waals surface area contributed by atoms with Crippen LogP contribution in [0.4, 0.5) is 0 Å². The molecule has 1 aromatic rings. The Balaban J connectivity index is 2.74. The van der Waals surface area contributed by atoms with Crippen LogP contribution in [0.5, 0.6) is 0 Å². The molecule has 0 aliphatic carbocycles. The van der Waals surface area contributed by atoms with Gasteiger partial charge in [0, 0.05) is 25.8 Å². The average molecular weight is 275 g/mol. The molecule has 0 unspecified atom stereocenters. The van der Waals surface area contributed by atoms with E-state index in [1.165, 1.54) is 0 Å². The first-order valence-electron chi connectivity index (χ1n) is 7.25. The summed E-state index contributed by atoms with van der Waals surface area (Å²) in [5, 5.41) is 0. The van der Waals surface area contributed by atoms with Crippen molar-refractivity contribution in [2.75, 3.05) is 20.3 Å². The highest BCUT2D eigenvalue weighted by Crippen LogP contribution is 2.10. The van der Waals surface area contributed by atoms with Gasteiger partial charge in [0.2, 0.25) is 5.91 Å². The van der Waals surface area contributed by atoms with E-state index in [0.29, 0.717) is 13.2 Å². The van der Waals surface area contributed by atoms with Crippen molar-refractivity contribution in [3.8, 4) is 0 Å². The van der Waals surface area contributed by atoms with Gasteiger partial charge in [-0.1, -0.05) is 44.2 Å². The second-order valence-corrected chi connectivity index (χ2v) is 4.74. The Bertz CT molecular complexity index is 410. The number of carbonyl (C=O) groups is 1. The Labute approximate surface area is 122 Å². The largest absolute Gasteiger partial charge is 0.383 e. The highest BCUT2D eigenvalue weighted by atomic mass is 16.5. The number of nitrogens with zero attached hydrogens (tertiary/aromatic N) is 1. The zero-order valence-electron chi connectivity index (χ0n) is 12.7. The molecule has 0 radical (unpaired) electrons. The summed E-state index contributed by atoms with van der Waals surface area (Å²) in [6.45, 7) is 5.44. The molecule has 1 amide bonds. The lowest BCUT2D eigenvalue weighted by atomic mass is 10.1. The fourth-order valence-electron chi connectivity index (χ4n) is 2.22. The van der Waals surface area contributed by atoms with Crippen molar-refractivity contribution < 1.29 is 9.53 Å². The Kier molecular flexibility index (Phi) is 7.66. The van der Waals surface area contributed by atoms with Crippen molar-refractivity contribution in [2.45, 2.75) is 32.7 Å². The van der Waals surface area contributed by atoms with E-state index in [2.05, 4.69) is 13.8 Å². The third-order valence-electron chi connectivity index (χ3n) is 3.42. The van der Waals surface area contributed by atoms with Crippen LogP contribution in [0.1, 0.15) is 32.3 Å². The number of carbonyl (C=O) groups excluding carboxylic acids is 1. The summed E-state index contributed by atoms with van der Waals surface area (Å²) in [6.07, 6.45) is 5.45. The molecule has 1 rings (SSSR count). The zero-order valence-corrected chi connectivity index (χ0v) is 12.7. The monoisotopic (exact) mass is 275 g/mol. The number of rotatable bonds is 8. The summed E-state index contributed by atoms with van der Waals surface area (Å²) in [5.74, 6) is 0.0552. The molecule has 1 aromatic carbocycles. The molecule has 3 heteroatoms. The van der Waals surface area contributed by atoms with E-state index in [9.17, 15) is 4.79 Å². The number of ether oxygens (including phenoxy) is 1.